The van der Waals surface area contributed by atoms with Crippen molar-refractivity contribution in [3.05, 3.63) is 38.9 Å². The van der Waals surface area contributed by atoms with Gasteiger partial charge in [-0.3, -0.25) is 14.2 Å². The third-order valence-corrected chi connectivity index (χ3v) is 4.85. The van der Waals surface area contributed by atoms with Gasteiger partial charge in [0.25, 0.3) is 11.5 Å². The zero-order valence-corrected chi connectivity index (χ0v) is 16.4. The highest BCUT2D eigenvalue weighted by Crippen LogP contribution is 2.11. The van der Waals surface area contributed by atoms with Crippen LogP contribution in [0.25, 0.3) is 10.9 Å². The molecule has 1 aromatic heterocycles. The van der Waals surface area contributed by atoms with E-state index in [2.05, 4.69) is 24.1 Å². The summed E-state index contributed by atoms with van der Waals surface area (Å²) in [4.78, 5) is 29.4. The SMILES string of the molecule is CC[NH+](CC)CCNC(=O)c1ccc2c(=O)n(CCOC)c(=S)[nH]c2c1. The van der Waals surface area contributed by atoms with Gasteiger partial charge in [-0.05, 0) is 44.3 Å². The van der Waals surface area contributed by atoms with Crippen LogP contribution in [0, 0.1) is 4.77 Å². The van der Waals surface area contributed by atoms with Gasteiger partial charge in [0.2, 0.25) is 0 Å². The molecule has 0 spiro atoms. The minimum atomic E-state index is -0.183. The number of carbonyl (C=O) groups is 1. The standard InChI is InChI=1S/C18H26N4O3S/c1-4-21(5-2)9-8-19-16(23)13-6-7-14-15(12-13)20-18(26)22(17(14)24)10-11-25-3/h6-7,12H,4-5,8-11H2,1-3H3,(H,19,23)(H,20,26)/p+1. The van der Waals surface area contributed by atoms with E-state index in [9.17, 15) is 9.59 Å². The smallest absolute Gasteiger partial charge is 0.262 e. The number of amides is 1. The van der Waals surface area contributed by atoms with Crippen LogP contribution in [0.5, 0.6) is 0 Å². The fourth-order valence-electron chi connectivity index (χ4n) is 2.84. The quantitative estimate of drug-likeness (QED) is 0.550. The zero-order chi connectivity index (χ0) is 19.1. The maximum absolute atomic E-state index is 12.6. The summed E-state index contributed by atoms with van der Waals surface area (Å²) in [6.45, 7) is 8.62. The summed E-state index contributed by atoms with van der Waals surface area (Å²) in [6.07, 6.45) is 0. The second-order valence-corrected chi connectivity index (χ2v) is 6.49. The molecule has 0 saturated carbocycles. The van der Waals surface area contributed by atoms with Crippen LogP contribution in [0.1, 0.15) is 24.2 Å². The van der Waals surface area contributed by atoms with Crippen molar-refractivity contribution >= 4 is 29.0 Å². The lowest BCUT2D eigenvalue weighted by molar-refractivity contribution is -0.895. The lowest BCUT2D eigenvalue weighted by atomic mass is 10.1. The van der Waals surface area contributed by atoms with Crippen molar-refractivity contribution in [1.82, 2.24) is 14.9 Å². The molecule has 8 heteroatoms. The number of fused-ring (bicyclic) bond motifs is 1. The summed E-state index contributed by atoms with van der Waals surface area (Å²) in [7, 11) is 1.57. The van der Waals surface area contributed by atoms with Gasteiger partial charge in [-0.1, -0.05) is 0 Å². The Balaban J connectivity index is 2.19. The van der Waals surface area contributed by atoms with E-state index in [1.165, 1.54) is 9.47 Å². The van der Waals surface area contributed by atoms with Crippen molar-refractivity contribution in [3.63, 3.8) is 0 Å². The van der Waals surface area contributed by atoms with Crippen molar-refractivity contribution in [2.75, 3.05) is 39.9 Å². The Bertz CT molecular complexity index is 871. The number of ether oxygens (including phenoxy) is 1. The van der Waals surface area contributed by atoms with E-state index in [1.54, 1.807) is 25.3 Å². The van der Waals surface area contributed by atoms with Crippen molar-refractivity contribution in [2.45, 2.75) is 20.4 Å². The second kappa shape index (κ2) is 9.61. The summed E-state index contributed by atoms with van der Waals surface area (Å²) in [5, 5.41) is 3.43. The number of likely N-dealkylation sites (N-methyl/N-ethyl adjacent to an activating group) is 1. The number of rotatable bonds is 9. The highest BCUT2D eigenvalue weighted by molar-refractivity contribution is 7.71. The Kier molecular flexibility index (Phi) is 7.50. The number of aromatic nitrogens is 2. The van der Waals surface area contributed by atoms with Gasteiger partial charge in [-0.15, -0.1) is 0 Å². The van der Waals surface area contributed by atoms with Gasteiger partial charge in [0.15, 0.2) is 4.77 Å². The summed E-state index contributed by atoms with van der Waals surface area (Å²) in [5.41, 5.74) is 0.889. The largest absolute Gasteiger partial charge is 0.383 e. The summed E-state index contributed by atoms with van der Waals surface area (Å²) in [5.74, 6) is -0.152. The molecule has 142 valence electrons. The first kappa shape index (κ1) is 20.3. The third-order valence-electron chi connectivity index (χ3n) is 4.53. The lowest BCUT2D eigenvalue weighted by Crippen LogP contribution is -3.12. The van der Waals surface area contributed by atoms with E-state index in [-0.39, 0.29) is 11.5 Å². The lowest BCUT2D eigenvalue weighted by Gasteiger charge is -2.15. The molecule has 0 atom stereocenters. The number of carbonyl (C=O) groups excluding carboxylic acids is 1. The molecule has 26 heavy (non-hydrogen) atoms. The molecule has 0 bridgehead atoms. The summed E-state index contributed by atoms with van der Waals surface area (Å²) < 4.78 is 6.80. The molecule has 1 aromatic carbocycles. The van der Waals surface area contributed by atoms with Crippen molar-refractivity contribution in [2.24, 2.45) is 0 Å². The van der Waals surface area contributed by atoms with Crippen LogP contribution < -0.4 is 15.8 Å². The number of hydrogen-bond acceptors (Lipinski definition) is 4. The number of methoxy groups -OCH3 is 1. The molecule has 0 unspecified atom stereocenters. The minimum Gasteiger partial charge on any atom is -0.383 e. The Labute approximate surface area is 158 Å². The maximum atomic E-state index is 12.6. The fourth-order valence-corrected chi connectivity index (χ4v) is 3.12. The summed E-state index contributed by atoms with van der Waals surface area (Å²) >= 11 is 5.26. The molecular formula is C18H27N4O3S+. The van der Waals surface area contributed by atoms with Gasteiger partial charge < -0.3 is 19.9 Å². The van der Waals surface area contributed by atoms with Gasteiger partial charge in [-0.25, -0.2) is 0 Å². The molecule has 0 aliphatic heterocycles. The predicted octanol–water partition coefficient (Wildman–Crippen LogP) is 0.360. The normalized spacial score (nSPS) is 11.2. The van der Waals surface area contributed by atoms with E-state index in [4.69, 9.17) is 17.0 Å². The number of nitrogens with one attached hydrogen (secondary N) is 3. The second-order valence-electron chi connectivity index (χ2n) is 6.10. The molecular weight excluding hydrogens is 352 g/mol. The molecule has 0 aliphatic rings. The number of nitrogens with zero attached hydrogens (tertiary/aromatic N) is 1. The topological polar surface area (TPSA) is 80.6 Å². The summed E-state index contributed by atoms with van der Waals surface area (Å²) in [6, 6.07) is 5.00. The third kappa shape index (κ3) is 4.78. The van der Waals surface area contributed by atoms with Crippen LogP contribution in [0.3, 0.4) is 0 Å². The van der Waals surface area contributed by atoms with Crippen molar-refractivity contribution in [1.29, 1.82) is 0 Å². The van der Waals surface area contributed by atoms with E-state index in [0.29, 0.717) is 40.9 Å². The maximum Gasteiger partial charge on any atom is 0.262 e. The Hall–Kier alpha value is -2.03. The molecule has 2 rings (SSSR count). The average molecular weight is 380 g/mol. The van der Waals surface area contributed by atoms with Crippen LogP contribution in [0.2, 0.25) is 0 Å². The molecule has 7 nitrogen and oxygen atoms in total. The van der Waals surface area contributed by atoms with Gasteiger partial charge in [0.05, 0.1) is 50.2 Å². The predicted molar refractivity (Wildman–Crippen MR) is 105 cm³/mol. The van der Waals surface area contributed by atoms with Crippen molar-refractivity contribution in [3.8, 4) is 0 Å². The molecule has 3 N–H and O–H groups in total. The first-order chi connectivity index (χ1) is 12.5. The van der Waals surface area contributed by atoms with E-state index in [0.717, 1.165) is 19.6 Å². The van der Waals surface area contributed by atoms with E-state index < -0.39 is 0 Å². The van der Waals surface area contributed by atoms with E-state index in [1.807, 2.05) is 0 Å². The molecule has 1 heterocycles. The van der Waals surface area contributed by atoms with Crippen LogP contribution >= 0.6 is 12.2 Å². The minimum absolute atomic E-state index is 0.152. The Morgan fingerprint density at radius 2 is 2.08 bits per heavy atom. The first-order valence-electron chi connectivity index (χ1n) is 8.89. The van der Waals surface area contributed by atoms with Gasteiger partial charge in [0, 0.05) is 12.7 Å². The van der Waals surface area contributed by atoms with Crippen molar-refractivity contribution < 1.29 is 14.4 Å². The molecule has 0 aliphatic carbocycles. The molecule has 2 aromatic rings. The van der Waals surface area contributed by atoms with Gasteiger partial charge in [-0.2, -0.15) is 0 Å². The van der Waals surface area contributed by atoms with Crippen LogP contribution in [-0.4, -0.2) is 55.4 Å². The Morgan fingerprint density at radius 3 is 2.73 bits per heavy atom. The number of benzene rings is 1. The molecule has 0 radical (unpaired) electrons. The average Bonchev–Trinajstić information content (AvgIpc) is 2.64. The zero-order valence-electron chi connectivity index (χ0n) is 15.6. The molecule has 0 fully saturated rings. The van der Waals surface area contributed by atoms with Gasteiger partial charge in [0.1, 0.15) is 0 Å². The molecule has 1 amide bonds. The monoisotopic (exact) mass is 379 g/mol. The number of hydrogen-bond donors (Lipinski definition) is 3. The van der Waals surface area contributed by atoms with E-state index >= 15 is 0 Å². The van der Waals surface area contributed by atoms with Crippen LogP contribution in [-0.2, 0) is 11.3 Å². The first-order valence-corrected chi connectivity index (χ1v) is 9.30. The highest BCUT2D eigenvalue weighted by Gasteiger charge is 2.11. The van der Waals surface area contributed by atoms with Gasteiger partial charge >= 0.3 is 0 Å². The Morgan fingerprint density at radius 1 is 1.35 bits per heavy atom. The number of H-pyrrole nitrogens is 1. The number of aromatic amines is 1. The highest BCUT2D eigenvalue weighted by atomic mass is 32.1. The fraction of sp³-hybridized carbons (Fsp3) is 0.500. The number of quaternary nitrogens is 1. The molecule has 0 saturated heterocycles. The van der Waals surface area contributed by atoms with Crippen LogP contribution in [0.15, 0.2) is 23.0 Å². The van der Waals surface area contributed by atoms with Crippen LogP contribution in [0.4, 0.5) is 0 Å².